The fourth-order valence-corrected chi connectivity index (χ4v) is 5.42. The standard InChI is InChI=1S/C23H31ClN4O3/c1-5-10-31-16-11-15(12-16)17-13-19(24)28-20(25-17)14-18(26-28)23(22(2,3)4)8-6-7-9-27(23)21(29)30/h5,13-16H,1,6-12H2,2-4H3,(H,29,30)/t15?,16?,23-/m1/s1. The van der Waals surface area contributed by atoms with Crippen LogP contribution in [-0.4, -0.2) is 50.0 Å². The molecule has 1 saturated carbocycles. The van der Waals surface area contributed by atoms with Gasteiger partial charge in [-0.15, -0.1) is 6.58 Å². The molecule has 3 heterocycles. The Balaban J connectivity index is 1.72. The van der Waals surface area contributed by atoms with E-state index in [-0.39, 0.29) is 11.5 Å². The van der Waals surface area contributed by atoms with E-state index in [1.165, 1.54) is 0 Å². The topological polar surface area (TPSA) is 80.0 Å². The number of rotatable bonds is 5. The normalized spacial score (nSPS) is 26.6. The van der Waals surface area contributed by atoms with Crippen LogP contribution in [0.2, 0.25) is 5.15 Å². The van der Waals surface area contributed by atoms with Crippen molar-refractivity contribution in [3.63, 3.8) is 0 Å². The van der Waals surface area contributed by atoms with Crippen LogP contribution in [-0.2, 0) is 10.3 Å². The molecule has 0 radical (unpaired) electrons. The summed E-state index contributed by atoms with van der Waals surface area (Å²) in [5.41, 5.74) is 1.24. The SMILES string of the molecule is C=CCOC1CC(c2cc(Cl)n3nc([C@@]4(C(C)(C)C)CCCCN4C(=O)O)cc3n2)C1. The van der Waals surface area contributed by atoms with Crippen molar-refractivity contribution in [3.05, 3.63) is 41.3 Å². The molecule has 0 aromatic carbocycles. The lowest BCUT2D eigenvalue weighted by Crippen LogP contribution is -2.59. The Labute approximate surface area is 188 Å². The number of ether oxygens (including phenoxy) is 1. The van der Waals surface area contributed by atoms with E-state index in [4.69, 9.17) is 26.4 Å². The monoisotopic (exact) mass is 446 g/mol. The van der Waals surface area contributed by atoms with Crippen LogP contribution >= 0.6 is 11.6 Å². The summed E-state index contributed by atoms with van der Waals surface area (Å²) in [6.07, 6.45) is 5.44. The number of fused-ring (bicyclic) bond motifs is 1. The summed E-state index contributed by atoms with van der Waals surface area (Å²) in [5, 5.41) is 15.3. The number of halogens is 1. The average Bonchev–Trinajstić information content (AvgIpc) is 3.11. The van der Waals surface area contributed by atoms with Crippen LogP contribution in [0.5, 0.6) is 0 Å². The first kappa shape index (κ1) is 22.1. The average molecular weight is 447 g/mol. The highest BCUT2D eigenvalue weighted by Gasteiger charge is 2.53. The fourth-order valence-electron chi connectivity index (χ4n) is 5.18. The van der Waals surface area contributed by atoms with Crippen LogP contribution in [0.3, 0.4) is 0 Å². The zero-order valence-electron chi connectivity index (χ0n) is 18.5. The van der Waals surface area contributed by atoms with Gasteiger partial charge in [0.1, 0.15) is 5.15 Å². The van der Waals surface area contributed by atoms with Crippen molar-refractivity contribution < 1.29 is 14.6 Å². The van der Waals surface area contributed by atoms with Crippen LogP contribution in [0.15, 0.2) is 24.8 Å². The molecule has 1 saturated heterocycles. The quantitative estimate of drug-likeness (QED) is 0.502. The molecule has 0 spiro atoms. The second-order valence-electron chi connectivity index (χ2n) is 9.72. The predicted octanol–water partition coefficient (Wildman–Crippen LogP) is 5.24. The lowest BCUT2D eigenvalue weighted by molar-refractivity contribution is -0.0324. The van der Waals surface area contributed by atoms with E-state index in [1.807, 2.05) is 12.1 Å². The molecule has 0 bridgehead atoms. The number of hydrogen-bond donors (Lipinski definition) is 1. The highest BCUT2D eigenvalue weighted by molar-refractivity contribution is 6.29. The molecule has 2 aromatic heterocycles. The highest BCUT2D eigenvalue weighted by atomic mass is 35.5. The number of carboxylic acid groups (broad SMARTS) is 1. The maximum Gasteiger partial charge on any atom is 0.408 e. The maximum absolute atomic E-state index is 12.2. The van der Waals surface area contributed by atoms with Gasteiger partial charge in [0.25, 0.3) is 0 Å². The molecular weight excluding hydrogens is 416 g/mol. The minimum Gasteiger partial charge on any atom is -0.465 e. The number of likely N-dealkylation sites (tertiary alicyclic amines) is 1. The second kappa shape index (κ2) is 8.10. The minimum atomic E-state index is -0.911. The summed E-state index contributed by atoms with van der Waals surface area (Å²) in [5.74, 6) is 0.303. The van der Waals surface area contributed by atoms with E-state index < -0.39 is 11.6 Å². The number of nitrogens with zero attached hydrogens (tertiary/aromatic N) is 4. The Morgan fingerprint density at radius 3 is 2.77 bits per heavy atom. The van der Waals surface area contributed by atoms with Gasteiger partial charge in [0.2, 0.25) is 0 Å². The minimum absolute atomic E-state index is 0.232. The van der Waals surface area contributed by atoms with Crippen molar-refractivity contribution in [3.8, 4) is 0 Å². The molecule has 4 rings (SSSR count). The first-order chi connectivity index (χ1) is 14.7. The number of hydrogen-bond acceptors (Lipinski definition) is 4. The molecule has 1 amide bonds. The van der Waals surface area contributed by atoms with Gasteiger partial charge < -0.3 is 9.84 Å². The lowest BCUT2D eigenvalue weighted by atomic mass is 9.66. The third kappa shape index (κ3) is 3.72. The molecule has 2 fully saturated rings. The zero-order chi connectivity index (χ0) is 22.4. The second-order valence-corrected chi connectivity index (χ2v) is 10.1. The van der Waals surface area contributed by atoms with Gasteiger partial charge in [-0.3, -0.25) is 4.90 Å². The van der Waals surface area contributed by atoms with Gasteiger partial charge in [-0.1, -0.05) is 38.4 Å². The molecule has 7 nitrogen and oxygen atoms in total. The van der Waals surface area contributed by atoms with Gasteiger partial charge in [0.05, 0.1) is 23.9 Å². The Morgan fingerprint density at radius 2 is 2.13 bits per heavy atom. The van der Waals surface area contributed by atoms with Gasteiger partial charge >= 0.3 is 6.09 Å². The molecule has 1 N–H and O–H groups in total. The molecule has 2 aliphatic rings. The van der Waals surface area contributed by atoms with E-state index in [2.05, 4.69) is 27.4 Å². The van der Waals surface area contributed by atoms with E-state index in [1.54, 1.807) is 15.5 Å². The smallest absolute Gasteiger partial charge is 0.408 e. The number of aromatic nitrogens is 3. The molecule has 31 heavy (non-hydrogen) atoms. The summed E-state index contributed by atoms with van der Waals surface area (Å²) in [6, 6.07) is 3.80. The zero-order valence-corrected chi connectivity index (χ0v) is 19.2. The molecule has 8 heteroatoms. The van der Waals surface area contributed by atoms with Crippen molar-refractivity contribution in [2.45, 2.75) is 70.4 Å². The Kier molecular flexibility index (Phi) is 5.77. The maximum atomic E-state index is 12.2. The predicted molar refractivity (Wildman–Crippen MR) is 120 cm³/mol. The van der Waals surface area contributed by atoms with Crippen LogP contribution in [0.4, 0.5) is 4.79 Å². The van der Waals surface area contributed by atoms with Crippen LogP contribution in [0, 0.1) is 5.41 Å². The molecule has 1 aliphatic heterocycles. The highest BCUT2D eigenvalue weighted by Crippen LogP contribution is 2.50. The molecule has 2 aromatic rings. The molecular formula is C23H31ClN4O3. The Bertz CT molecular complexity index is 993. The van der Waals surface area contributed by atoms with Crippen molar-refractivity contribution in [2.24, 2.45) is 5.41 Å². The van der Waals surface area contributed by atoms with E-state index in [0.29, 0.717) is 29.9 Å². The van der Waals surface area contributed by atoms with E-state index in [9.17, 15) is 9.90 Å². The number of piperidine rings is 1. The van der Waals surface area contributed by atoms with Crippen molar-refractivity contribution in [1.29, 1.82) is 0 Å². The van der Waals surface area contributed by atoms with Crippen molar-refractivity contribution in [2.75, 3.05) is 13.2 Å². The summed E-state index contributed by atoms with van der Waals surface area (Å²) >= 11 is 6.60. The summed E-state index contributed by atoms with van der Waals surface area (Å²) in [6.45, 7) is 11.0. The molecule has 1 atom stereocenters. The van der Waals surface area contributed by atoms with Crippen LogP contribution < -0.4 is 0 Å². The van der Waals surface area contributed by atoms with Gasteiger partial charge in [-0.2, -0.15) is 5.10 Å². The molecule has 168 valence electrons. The van der Waals surface area contributed by atoms with Crippen LogP contribution in [0.1, 0.15) is 70.2 Å². The van der Waals surface area contributed by atoms with Gasteiger partial charge in [0.15, 0.2) is 5.65 Å². The first-order valence-electron chi connectivity index (χ1n) is 11.0. The Morgan fingerprint density at radius 1 is 1.39 bits per heavy atom. The summed E-state index contributed by atoms with van der Waals surface area (Å²) < 4.78 is 7.34. The lowest BCUT2D eigenvalue weighted by Gasteiger charge is -2.52. The first-order valence-corrected chi connectivity index (χ1v) is 11.3. The fraction of sp³-hybridized carbons (Fsp3) is 0.609. The molecule has 0 unspecified atom stereocenters. The van der Waals surface area contributed by atoms with Crippen molar-refractivity contribution >= 4 is 23.3 Å². The van der Waals surface area contributed by atoms with Crippen LogP contribution in [0.25, 0.3) is 5.65 Å². The van der Waals surface area contributed by atoms with Gasteiger partial charge in [-0.05, 0) is 43.6 Å². The van der Waals surface area contributed by atoms with Gasteiger partial charge in [-0.25, -0.2) is 14.3 Å². The Hall–Kier alpha value is -2.12. The molecule has 1 aliphatic carbocycles. The summed E-state index contributed by atoms with van der Waals surface area (Å²) in [7, 11) is 0. The van der Waals surface area contributed by atoms with Crippen molar-refractivity contribution in [1.82, 2.24) is 19.5 Å². The third-order valence-corrected chi connectivity index (χ3v) is 7.16. The number of amides is 1. The summed E-state index contributed by atoms with van der Waals surface area (Å²) in [4.78, 5) is 18.6. The van der Waals surface area contributed by atoms with E-state index in [0.717, 1.165) is 43.5 Å². The van der Waals surface area contributed by atoms with E-state index >= 15 is 0 Å². The van der Waals surface area contributed by atoms with Gasteiger partial charge in [0, 0.05) is 24.2 Å². The third-order valence-electron chi connectivity index (χ3n) is 6.89. The largest absolute Gasteiger partial charge is 0.465 e. The number of carbonyl (C=O) groups is 1.